The Morgan fingerprint density at radius 2 is 2.07 bits per heavy atom. The molecule has 3 nitrogen and oxygen atoms in total. The zero-order valence-corrected chi connectivity index (χ0v) is 8.66. The number of hydrogen-bond acceptors (Lipinski definition) is 2. The van der Waals surface area contributed by atoms with Crippen molar-refractivity contribution in [3.05, 3.63) is 29.3 Å². The molecule has 0 amide bonds. The van der Waals surface area contributed by atoms with Gasteiger partial charge in [-0.3, -0.25) is 0 Å². The van der Waals surface area contributed by atoms with Gasteiger partial charge in [0.15, 0.2) is 0 Å². The maximum Gasteiger partial charge on any atom is 0.335 e. The molecule has 0 aliphatic rings. The summed E-state index contributed by atoms with van der Waals surface area (Å²) in [6.07, 6.45) is 0. The molecule has 0 atom stereocenters. The molecule has 0 aliphatic heterocycles. The molecule has 3 heteroatoms. The Morgan fingerprint density at radius 1 is 1.43 bits per heavy atom. The fourth-order valence-electron chi connectivity index (χ4n) is 1.41. The van der Waals surface area contributed by atoms with Gasteiger partial charge in [0, 0.05) is 12.7 Å². The van der Waals surface area contributed by atoms with Crippen molar-refractivity contribution >= 4 is 11.7 Å². The van der Waals surface area contributed by atoms with Crippen molar-refractivity contribution in [2.24, 2.45) is 0 Å². The highest BCUT2D eigenvalue weighted by atomic mass is 16.4. The number of benzene rings is 1. The lowest BCUT2D eigenvalue weighted by Crippen LogP contribution is -2.02. The minimum absolute atomic E-state index is 0.318. The Morgan fingerprint density at radius 3 is 2.50 bits per heavy atom. The third-order valence-corrected chi connectivity index (χ3v) is 2.19. The molecule has 1 aromatic carbocycles. The van der Waals surface area contributed by atoms with Crippen LogP contribution in [0.5, 0.6) is 0 Å². The summed E-state index contributed by atoms with van der Waals surface area (Å²) in [5.41, 5.74) is 2.34. The summed E-state index contributed by atoms with van der Waals surface area (Å²) < 4.78 is 0. The van der Waals surface area contributed by atoms with Crippen molar-refractivity contribution in [2.75, 3.05) is 12.4 Å². The molecule has 0 unspecified atom stereocenters. The number of rotatable bonds is 3. The first kappa shape index (κ1) is 10.6. The number of carboxylic acids is 1. The van der Waals surface area contributed by atoms with E-state index in [-0.39, 0.29) is 0 Å². The van der Waals surface area contributed by atoms with Crippen molar-refractivity contribution in [3.63, 3.8) is 0 Å². The van der Waals surface area contributed by atoms with E-state index in [0.29, 0.717) is 11.5 Å². The summed E-state index contributed by atoms with van der Waals surface area (Å²) in [5, 5.41) is 11.8. The van der Waals surface area contributed by atoms with Gasteiger partial charge in [0.05, 0.1) is 5.56 Å². The van der Waals surface area contributed by atoms with E-state index in [0.717, 1.165) is 11.3 Å². The second-order valence-corrected chi connectivity index (χ2v) is 3.51. The van der Waals surface area contributed by atoms with Crippen molar-refractivity contribution in [3.8, 4) is 0 Å². The Hall–Kier alpha value is -1.51. The van der Waals surface area contributed by atoms with Crippen LogP contribution in [0, 0.1) is 0 Å². The molecular formula is C11H15NO2. The molecule has 76 valence electrons. The SMILES string of the molecule is CNc1cc(C(=O)O)ccc1C(C)C. The van der Waals surface area contributed by atoms with Gasteiger partial charge in [-0.1, -0.05) is 19.9 Å². The van der Waals surface area contributed by atoms with Crippen LogP contribution in [0.25, 0.3) is 0 Å². The van der Waals surface area contributed by atoms with Gasteiger partial charge < -0.3 is 10.4 Å². The second kappa shape index (κ2) is 4.13. The molecular weight excluding hydrogens is 178 g/mol. The van der Waals surface area contributed by atoms with Crippen LogP contribution >= 0.6 is 0 Å². The molecule has 0 bridgehead atoms. The van der Waals surface area contributed by atoms with Crippen LogP contribution < -0.4 is 5.32 Å². The zero-order chi connectivity index (χ0) is 10.7. The molecule has 0 saturated heterocycles. The smallest absolute Gasteiger partial charge is 0.335 e. The van der Waals surface area contributed by atoms with Crippen LogP contribution in [0.1, 0.15) is 35.7 Å². The standard InChI is InChI=1S/C11H15NO2/c1-7(2)9-5-4-8(11(13)14)6-10(9)12-3/h4-7,12H,1-3H3,(H,13,14). The normalized spacial score (nSPS) is 10.3. The van der Waals surface area contributed by atoms with E-state index in [2.05, 4.69) is 19.2 Å². The first-order chi connectivity index (χ1) is 6.56. The van der Waals surface area contributed by atoms with Crippen molar-refractivity contribution in [2.45, 2.75) is 19.8 Å². The second-order valence-electron chi connectivity index (χ2n) is 3.51. The largest absolute Gasteiger partial charge is 0.478 e. The average Bonchev–Trinajstić information content (AvgIpc) is 2.16. The van der Waals surface area contributed by atoms with Crippen molar-refractivity contribution < 1.29 is 9.90 Å². The summed E-state index contributed by atoms with van der Waals surface area (Å²) in [5.74, 6) is -0.503. The van der Waals surface area contributed by atoms with E-state index in [1.165, 1.54) is 0 Å². The molecule has 2 N–H and O–H groups in total. The number of nitrogens with one attached hydrogen (secondary N) is 1. The number of carboxylic acid groups (broad SMARTS) is 1. The third-order valence-electron chi connectivity index (χ3n) is 2.19. The lowest BCUT2D eigenvalue weighted by Gasteiger charge is -2.12. The lowest BCUT2D eigenvalue weighted by molar-refractivity contribution is 0.0697. The highest BCUT2D eigenvalue weighted by Gasteiger charge is 2.09. The molecule has 14 heavy (non-hydrogen) atoms. The van der Waals surface area contributed by atoms with Gasteiger partial charge in [0.1, 0.15) is 0 Å². The Labute approximate surface area is 83.8 Å². The quantitative estimate of drug-likeness (QED) is 0.775. The zero-order valence-electron chi connectivity index (χ0n) is 8.66. The third kappa shape index (κ3) is 2.05. The molecule has 0 radical (unpaired) electrons. The fraction of sp³-hybridized carbons (Fsp3) is 0.364. The van der Waals surface area contributed by atoms with E-state index in [1.54, 1.807) is 19.2 Å². The van der Waals surface area contributed by atoms with Crippen LogP contribution in [0.4, 0.5) is 5.69 Å². The summed E-state index contributed by atoms with van der Waals surface area (Å²) >= 11 is 0. The molecule has 0 aliphatic carbocycles. The Bertz CT molecular complexity index is 345. The number of aromatic carboxylic acids is 1. The van der Waals surface area contributed by atoms with Gasteiger partial charge in [0.25, 0.3) is 0 Å². The van der Waals surface area contributed by atoms with E-state index in [4.69, 9.17) is 5.11 Å². The van der Waals surface area contributed by atoms with Crippen LogP contribution in [0.2, 0.25) is 0 Å². The number of carbonyl (C=O) groups is 1. The van der Waals surface area contributed by atoms with E-state index in [9.17, 15) is 4.79 Å². The van der Waals surface area contributed by atoms with Crippen LogP contribution in [0.15, 0.2) is 18.2 Å². The lowest BCUT2D eigenvalue weighted by atomic mass is 9.99. The average molecular weight is 193 g/mol. The van der Waals surface area contributed by atoms with Crippen molar-refractivity contribution in [1.29, 1.82) is 0 Å². The first-order valence-electron chi connectivity index (χ1n) is 4.61. The van der Waals surface area contributed by atoms with Crippen molar-refractivity contribution in [1.82, 2.24) is 0 Å². The van der Waals surface area contributed by atoms with Gasteiger partial charge >= 0.3 is 5.97 Å². The predicted molar refractivity (Wildman–Crippen MR) is 57.0 cm³/mol. The van der Waals surface area contributed by atoms with Crippen LogP contribution in [-0.2, 0) is 0 Å². The summed E-state index contributed by atoms with van der Waals surface area (Å²) in [4.78, 5) is 10.7. The van der Waals surface area contributed by atoms with Gasteiger partial charge in [-0.2, -0.15) is 0 Å². The topological polar surface area (TPSA) is 49.3 Å². The molecule has 0 heterocycles. The predicted octanol–water partition coefficient (Wildman–Crippen LogP) is 2.55. The maximum absolute atomic E-state index is 10.7. The Kier molecular flexibility index (Phi) is 3.12. The first-order valence-corrected chi connectivity index (χ1v) is 4.61. The number of hydrogen-bond donors (Lipinski definition) is 2. The summed E-state index contributed by atoms with van der Waals surface area (Å²) in [6.45, 7) is 4.16. The van der Waals surface area contributed by atoms with Gasteiger partial charge in [-0.25, -0.2) is 4.79 Å². The van der Waals surface area contributed by atoms with Gasteiger partial charge in [-0.05, 0) is 23.6 Å². The van der Waals surface area contributed by atoms with E-state index in [1.807, 2.05) is 6.07 Å². The highest BCUT2D eigenvalue weighted by Crippen LogP contribution is 2.24. The highest BCUT2D eigenvalue weighted by molar-refractivity contribution is 5.89. The van der Waals surface area contributed by atoms with Gasteiger partial charge in [0.2, 0.25) is 0 Å². The van der Waals surface area contributed by atoms with E-state index < -0.39 is 5.97 Å². The molecule has 0 saturated carbocycles. The molecule has 0 spiro atoms. The van der Waals surface area contributed by atoms with Crippen LogP contribution in [-0.4, -0.2) is 18.1 Å². The van der Waals surface area contributed by atoms with Crippen LogP contribution in [0.3, 0.4) is 0 Å². The fourth-order valence-corrected chi connectivity index (χ4v) is 1.41. The summed E-state index contributed by atoms with van der Waals surface area (Å²) in [7, 11) is 1.80. The minimum atomic E-state index is -0.892. The minimum Gasteiger partial charge on any atom is -0.478 e. The Balaban J connectivity index is 3.18. The summed E-state index contributed by atoms with van der Waals surface area (Å²) in [6, 6.07) is 5.16. The van der Waals surface area contributed by atoms with E-state index >= 15 is 0 Å². The molecule has 1 rings (SSSR count). The molecule has 0 aromatic heterocycles. The maximum atomic E-state index is 10.7. The molecule has 0 fully saturated rings. The number of anilines is 1. The molecule has 1 aromatic rings. The van der Waals surface area contributed by atoms with Gasteiger partial charge in [-0.15, -0.1) is 0 Å². The monoisotopic (exact) mass is 193 g/mol.